The van der Waals surface area contributed by atoms with Crippen LogP contribution in [0.25, 0.3) is 0 Å². The first kappa shape index (κ1) is 25.1. The summed E-state index contributed by atoms with van der Waals surface area (Å²) in [5, 5.41) is 17.8. The van der Waals surface area contributed by atoms with Crippen molar-refractivity contribution in [1.82, 2.24) is 20.9 Å². The summed E-state index contributed by atoms with van der Waals surface area (Å²) in [6, 6.07) is -1.19. The van der Waals surface area contributed by atoms with E-state index in [1.807, 2.05) is 0 Å². The van der Waals surface area contributed by atoms with Gasteiger partial charge in [-0.1, -0.05) is 20.8 Å². The summed E-state index contributed by atoms with van der Waals surface area (Å²) < 4.78 is 0. The highest BCUT2D eigenvalue weighted by Crippen LogP contribution is 2.21. The first-order valence-electron chi connectivity index (χ1n) is 11.4. The SMILES string of the molecule is CC(C)(C)C(=O)N[C@@H](CNC(=O)[C@@H]1CCCN(C(=O)CCC2CCNCC2)C1)C(=O)O. The number of amides is 3. The van der Waals surface area contributed by atoms with Crippen molar-refractivity contribution < 1.29 is 24.3 Å². The van der Waals surface area contributed by atoms with E-state index >= 15 is 0 Å². The highest BCUT2D eigenvalue weighted by atomic mass is 16.4. The predicted octanol–water partition coefficient (Wildman–Crippen LogP) is 0.737. The minimum atomic E-state index is -1.20. The van der Waals surface area contributed by atoms with E-state index in [1.54, 1.807) is 25.7 Å². The van der Waals surface area contributed by atoms with Crippen molar-refractivity contribution in [2.45, 2.75) is 65.3 Å². The third-order valence-electron chi connectivity index (χ3n) is 6.14. The molecular formula is C22H38N4O5. The van der Waals surface area contributed by atoms with Crippen molar-refractivity contribution in [3.05, 3.63) is 0 Å². The molecule has 2 atom stereocenters. The fourth-order valence-corrected chi connectivity index (χ4v) is 4.00. The molecule has 0 bridgehead atoms. The Labute approximate surface area is 184 Å². The molecule has 2 aliphatic heterocycles. The van der Waals surface area contributed by atoms with E-state index in [0.29, 0.717) is 31.8 Å². The number of nitrogens with zero attached hydrogens (tertiary/aromatic N) is 1. The molecule has 3 amide bonds. The van der Waals surface area contributed by atoms with Gasteiger partial charge < -0.3 is 26.0 Å². The molecule has 2 saturated heterocycles. The fraction of sp³-hybridized carbons (Fsp3) is 0.818. The van der Waals surface area contributed by atoms with Crippen LogP contribution >= 0.6 is 0 Å². The average molecular weight is 439 g/mol. The second kappa shape index (κ2) is 11.5. The molecule has 0 aromatic carbocycles. The van der Waals surface area contributed by atoms with Crippen LogP contribution in [0.1, 0.15) is 59.3 Å². The van der Waals surface area contributed by atoms with Crippen LogP contribution in [0.2, 0.25) is 0 Å². The van der Waals surface area contributed by atoms with E-state index in [0.717, 1.165) is 38.8 Å². The zero-order valence-corrected chi connectivity index (χ0v) is 19.0. The van der Waals surface area contributed by atoms with Gasteiger partial charge >= 0.3 is 5.97 Å². The normalized spacial score (nSPS) is 21.3. The Morgan fingerprint density at radius 3 is 2.42 bits per heavy atom. The number of carboxylic acids is 1. The second-order valence-electron chi connectivity index (χ2n) is 9.77. The van der Waals surface area contributed by atoms with Crippen molar-refractivity contribution in [1.29, 1.82) is 0 Å². The monoisotopic (exact) mass is 438 g/mol. The largest absolute Gasteiger partial charge is 0.480 e. The number of rotatable bonds is 8. The van der Waals surface area contributed by atoms with Crippen molar-refractivity contribution in [2.75, 3.05) is 32.7 Å². The maximum atomic E-state index is 12.6. The third kappa shape index (κ3) is 8.12. The highest BCUT2D eigenvalue weighted by Gasteiger charge is 2.31. The Balaban J connectivity index is 1.80. The summed E-state index contributed by atoms with van der Waals surface area (Å²) in [5.74, 6) is -1.53. The van der Waals surface area contributed by atoms with Gasteiger partial charge in [0.2, 0.25) is 17.7 Å². The average Bonchev–Trinajstić information content (AvgIpc) is 2.74. The van der Waals surface area contributed by atoms with Gasteiger partial charge in [-0.15, -0.1) is 0 Å². The smallest absolute Gasteiger partial charge is 0.328 e. The molecule has 4 N–H and O–H groups in total. The van der Waals surface area contributed by atoms with Crippen LogP contribution in [0, 0.1) is 17.3 Å². The summed E-state index contributed by atoms with van der Waals surface area (Å²) >= 11 is 0. The van der Waals surface area contributed by atoms with Crippen molar-refractivity contribution in [3.63, 3.8) is 0 Å². The summed E-state index contributed by atoms with van der Waals surface area (Å²) in [7, 11) is 0. The van der Waals surface area contributed by atoms with Gasteiger partial charge in [0.1, 0.15) is 6.04 Å². The van der Waals surface area contributed by atoms with Gasteiger partial charge in [-0.25, -0.2) is 4.79 Å². The molecule has 9 heteroatoms. The van der Waals surface area contributed by atoms with Gasteiger partial charge in [0.25, 0.3) is 0 Å². The van der Waals surface area contributed by atoms with E-state index in [2.05, 4.69) is 16.0 Å². The van der Waals surface area contributed by atoms with Crippen LogP contribution in [-0.2, 0) is 19.2 Å². The Bertz CT molecular complexity index is 655. The van der Waals surface area contributed by atoms with Crippen molar-refractivity contribution >= 4 is 23.7 Å². The lowest BCUT2D eigenvalue weighted by molar-refractivity contribution is -0.143. The molecule has 2 aliphatic rings. The van der Waals surface area contributed by atoms with Crippen molar-refractivity contribution in [2.24, 2.45) is 17.3 Å². The maximum absolute atomic E-state index is 12.6. The summed E-state index contributed by atoms with van der Waals surface area (Å²) in [5.41, 5.74) is -0.726. The molecule has 0 aliphatic carbocycles. The Kier molecular flexibility index (Phi) is 9.28. The van der Waals surface area contributed by atoms with Gasteiger partial charge in [0, 0.05) is 31.5 Å². The minimum Gasteiger partial charge on any atom is -0.480 e. The number of aliphatic carboxylic acids is 1. The molecule has 2 fully saturated rings. The maximum Gasteiger partial charge on any atom is 0.328 e. The summed E-state index contributed by atoms with van der Waals surface area (Å²) in [6.07, 6.45) is 5.03. The lowest BCUT2D eigenvalue weighted by Crippen LogP contribution is -2.53. The van der Waals surface area contributed by atoms with Crippen LogP contribution in [-0.4, -0.2) is 72.5 Å². The molecule has 2 heterocycles. The predicted molar refractivity (Wildman–Crippen MR) is 116 cm³/mol. The van der Waals surface area contributed by atoms with Gasteiger partial charge in [-0.05, 0) is 51.1 Å². The number of nitrogens with one attached hydrogen (secondary N) is 3. The van der Waals surface area contributed by atoms with Gasteiger partial charge in [-0.2, -0.15) is 0 Å². The first-order valence-corrected chi connectivity index (χ1v) is 11.4. The quantitative estimate of drug-likeness (QED) is 0.443. The molecular weight excluding hydrogens is 400 g/mol. The lowest BCUT2D eigenvalue weighted by Gasteiger charge is -2.33. The Morgan fingerprint density at radius 2 is 1.81 bits per heavy atom. The molecule has 0 spiro atoms. The zero-order chi connectivity index (χ0) is 23.0. The summed E-state index contributed by atoms with van der Waals surface area (Å²) in [6.45, 7) is 7.94. The molecule has 9 nitrogen and oxygen atoms in total. The first-order chi connectivity index (χ1) is 14.6. The Morgan fingerprint density at radius 1 is 1.13 bits per heavy atom. The second-order valence-corrected chi connectivity index (χ2v) is 9.77. The Hall–Kier alpha value is -2.16. The van der Waals surface area contributed by atoms with Crippen LogP contribution in [0.15, 0.2) is 0 Å². The van der Waals surface area contributed by atoms with Crippen LogP contribution in [0.5, 0.6) is 0 Å². The lowest BCUT2D eigenvalue weighted by atomic mass is 9.92. The van der Waals surface area contributed by atoms with Crippen LogP contribution < -0.4 is 16.0 Å². The number of hydrogen-bond donors (Lipinski definition) is 4. The molecule has 0 unspecified atom stereocenters. The van der Waals surface area contributed by atoms with Gasteiger partial charge in [0.15, 0.2) is 0 Å². The number of hydrogen-bond acceptors (Lipinski definition) is 5. The topological polar surface area (TPSA) is 128 Å². The van der Waals surface area contributed by atoms with E-state index < -0.39 is 23.3 Å². The highest BCUT2D eigenvalue weighted by molar-refractivity contribution is 5.87. The number of carboxylic acid groups (broad SMARTS) is 1. The number of carbonyl (C=O) groups is 4. The molecule has 0 saturated carbocycles. The van der Waals surface area contributed by atoms with E-state index in [9.17, 15) is 24.3 Å². The van der Waals surface area contributed by atoms with Gasteiger partial charge in [-0.3, -0.25) is 14.4 Å². The fourth-order valence-electron chi connectivity index (χ4n) is 4.00. The van der Waals surface area contributed by atoms with Crippen molar-refractivity contribution in [3.8, 4) is 0 Å². The molecule has 0 radical (unpaired) electrons. The summed E-state index contributed by atoms with van der Waals surface area (Å²) in [4.78, 5) is 50.6. The molecule has 0 aromatic heterocycles. The number of piperidine rings is 2. The minimum absolute atomic E-state index is 0.0943. The standard InChI is InChI=1S/C22H38N4O5/c1-22(2,3)21(31)25-17(20(29)30)13-24-19(28)16-5-4-12-26(14-16)18(27)7-6-15-8-10-23-11-9-15/h15-17,23H,4-14H2,1-3H3,(H,24,28)(H,25,31)(H,29,30)/t16-,17+/m1/s1. The molecule has 0 aromatic rings. The van der Waals surface area contributed by atoms with Crippen LogP contribution in [0.4, 0.5) is 0 Å². The molecule has 2 rings (SSSR count). The van der Waals surface area contributed by atoms with E-state index in [4.69, 9.17) is 0 Å². The molecule has 31 heavy (non-hydrogen) atoms. The van der Waals surface area contributed by atoms with E-state index in [-0.39, 0.29) is 24.3 Å². The zero-order valence-electron chi connectivity index (χ0n) is 19.0. The third-order valence-corrected chi connectivity index (χ3v) is 6.14. The van der Waals surface area contributed by atoms with Crippen LogP contribution in [0.3, 0.4) is 0 Å². The van der Waals surface area contributed by atoms with E-state index in [1.165, 1.54) is 0 Å². The number of likely N-dealkylation sites (tertiary alicyclic amines) is 1. The number of carbonyl (C=O) groups excluding carboxylic acids is 3. The molecule has 176 valence electrons. The van der Waals surface area contributed by atoms with Gasteiger partial charge in [0.05, 0.1) is 5.92 Å².